The molecule has 18 heavy (non-hydrogen) atoms. The van der Waals surface area contributed by atoms with Gasteiger partial charge in [0.15, 0.2) is 6.61 Å². The molecule has 0 spiro atoms. The van der Waals surface area contributed by atoms with Crippen molar-refractivity contribution in [2.45, 2.75) is 11.1 Å². The zero-order valence-corrected chi connectivity index (χ0v) is 9.60. The number of aromatic amines is 1. The van der Waals surface area contributed by atoms with Gasteiger partial charge in [-0.05, 0) is 23.2 Å². The minimum Gasteiger partial charge on any atom is -0.768 e. The number of rotatable bonds is 3. The Kier molecular flexibility index (Phi) is 3.31. The molecule has 0 fully saturated rings. The van der Waals surface area contributed by atoms with Crippen LogP contribution in [0.4, 0.5) is 13.2 Å². The Hall–Kier alpha value is -1.54. The highest BCUT2D eigenvalue weighted by molar-refractivity contribution is 7.79. The van der Waals surface area contributed by atoms with Gasteiger partial charge in [0, 0.05) is 17.6 Å². The number of alkyl halides is 3. The molecule has 1 atom stereocenters. The number of H-pyrrole nitrogens is 1. The van der Waals surface area contributed by atoms with E-state index < -0.39 is 23.9 Å². The highest BCUT2D eigenvalue weighted by atomic mass is 32.2. The second-order valence-corrected chi connectivity index (χ2v) is 4.41. The quantitative estimate of drug-likeness (QED) is 0.876. The summed E-state index contributed by atoms with van der Waals surface area (Å²) >= 11 is -2.40. The molecule has 1 aromatic carbocycles. The molecular weight excluding hydrogens is 271 g/mol. The normalized spacial score (nSPS) is 13.8. The molecule has 1 heterocycles. The molecule has 0 aliphatic carbocycles. The van der Waals surface area contributed by atoms with Gasteiger partial charge >= 0.3 is 6.18 Å². The van der Waals surface area contributed by atoms with Crippen LogP contribution in [-0.4, -0.2) is 26.5 Å². The average molecular weight is 278 g/mol. The Morgan fingerprint density at radius 3 is 2.72 bits per heavy atom. The predicted octanol–water partition coefficient (Wildman–Crippen LogP) is 2.35. The number of fused-ring (bicyclic) bond motifs is 1. The minimum atomic E-state index is -4.41. The third-order valence-corrected chi connectivity index (χ3v) is 2.89. The van der Waals surface area contributed by atoms with E-state index in [1.807, 2.05) is 0 Å². The topological polar surface area (TPSA) is 65.1 Å². The van der Waals surface area contributed by atoms with Gasteiger partial charge in [0.25, 0.3) is 0 Å². The predicted molar refractivity (Wildman–Crippen MR) is 57.0 cm³/mol. The Bertz CT molecular complexity index is 594. The fraction of sp³-hybridized carbons (Fsp3) is 0.200. The molecular formula is C10H7F3NO3S-. The molecule has 98 valence electrons. The Morgan fingerprint density at radius 1 is 1.39 bits per heavy atom. The van der Waals surface area contributed by atoms with Gasteiger partial charge in [-0.2, -0.15) is 13.2 Å². The van der Waals surface area contributed by atoms with Crippen molar-refractivity contribution >= 4 is 22.0 Å². The van der Waals surface area contributed by atoms with E-state index in [2.05, 4.69) is 9.72 Å². The van der Waals surface area contributed by atoms with E-state index in [9.17, 15) is 21.9 Å². The van der Waals surface area contributed by atoms with Gasteiger partial charge < -0.3 is 14.3 Å². The molecule has 2 rings (SSSR count). The lowest BCUT2D eigenvalue weighted by molar-refractivity contribution is -0.153. The molecule has 0 saturated heterocycles. The lowest BCUT2D eigenvalue weighted by atomic mass is 10.2. The van der Waals surface area contributed by atoms with Crippen molar-refractivity contribution < 1.29 is 26.7 Å². The number of hydrogen-bond donors (Lipinski definition) is 1. The number of halogens is 3. The van der Waals surface area contributed by atoms with Crippen LogP contribution in [0.2, 0.25) is 0 Å². The maximum absolute atomic E-state index is 12.0. The summed E-state index contributed by atoms with van der Waals surface area (Å²) in [6.45, 7) is -1.39. The second-order valence-electron chi connectivity index (χ2n) is 3.50. The van der Waals surface area contributed by atoms with E-state index in [4.69, 9.17) is 0 Å². The monoisotopic (exact) mass is 278 g/mol. The van der Waals surface area contributed by atoms with E-state index >= 15 is 0 Å². The molecule has 8 heteroatoms. The van der Waals surface area contributed by atoms with E-state index in [1.165, 1.54) is 24.4 Å². The molecule has 0 aliphatic heterocycles. The van der Waals surface area contributed by atoms with Crippen molar-refractivity contribution in [1.29, 1.82) is 0 Å². The zero-order chi connectivity index (χ0) is 13.3. The van der Waals surface area contributed by atoms with Gasteiger partial charge in [0.1, 0.15) is 5.75 Å². The van der Waals surface area contributed by atoms with E-state index in [-0.39, 0.29) is 10.6 Å². The maximum atomic E-state index is 12.0. The summed E-state index contributed by atoms with van der Waals surface area (Å²) in [5, 5.41) is 0.405. The average Bonchev–Trinajstić information content (AvgIpc) is 2.68. The SMILES string of the molecule is O=S([O-])c1c[nH]c2cc(OCC(F)(F)F)ccc12. The van der Waals surface area contributed by atoms with Crippen molar-refractivity contribution in [2.24, 2.45) is 0 Å². The van der Waals surface area contributed by atoms with Gasteiger partial charge in [-0.15, -0.1) is 0 Å². The number of aromatic nitrogens is 1. The number of ether oxygens (including phenoxy) is 1. The summed E-state index contributed by atoms with van der Waals surface area (Å²) in [5.41, 5.74) is 0.397. The van der Waals surface area contributed by atoms with Crippen LogP contribution >= 0.6 is 0 Å². The minimum absolute atomic E-state index is 0.0184. The van der Waals surface area contributed by atoms with Gasteiger partial charge in [-0.25, -0.2) is 0 Å². The second kappa shape index (κ2) is 4.62. The van der Waals surface area contributed by atoms with Crippen LogP contribution in [0.3, 0.4) is 0 Å². The van der Waals surface area contributed by atoms with Crippen LogP contribution in [0.5, 0.6) is 5.75 Å². The van der Waals surface area contributed by atoms with Crippen LogP contribution < -0.4 is 4.74 Å². The highest BCUT2D eigenvalue weighted by Crippen LogP contribution is 2.26. The standard InChI is InChI=1S/C10H8F3NO3S/c11-10(12,13)5-17-6-1-2-7-8(3-6)14-4-9(7)18(15)16/h1-4,14H,5H2,(H,15,16)/p-1. The summed E-state index contributed by atoms with van der Waals surface area (Å²) in [5.74, 6) is 0.0184. The van der Waals surface area contributed by atoms with Gasteiger partial charge in [0.2, 0.25) is 0 Å². The summed E-state index contributed by atoms with van der Waals surface area (Å²) in [6, 6.07) is 4.00. The van der Waals surface area contributed by atoms with Crippen molar-refractivity contribution in [3.63, 3.8) is 0 Å². The van der Waals surface area contributed by atoms with Crippen molar-refractivity contribution in [2.75, 3.05) is 6.61 Å². The fourth-order valence-corrected chi connectivity index (χ4v) is 1.98. The molecule has 0 bridgehead atoms. The summed E-state index contributed by atoms with van der Waals surface area (Å²) < 4.78 is 62.0. The van der Waals surface area contributed by atoms with E-state index in [0.717, 1.165) is 0 Å². The molecule has 0 radical (unpaired) electrons. The highest BCUT2D eigenvalue weighted by Gasteiger charge is 2.28. The lowest BCUT2D eigenvalue weighted by Gasteiger charge is -2.09. The van der Waals surface area contributed by atoms with E-state index in [0.29, 0.717) is 10.9 Å². The van der Waals surface area contributed by atoms with Crippen molar-refractivity contribution in [1.82, 2.24) is 4.98 Å². The number of benzene rings is 1. The summed E-state index contributed by atoms with van der Waals surface area (Å²) in [7, 11) is 0. The Morgan fingerprint density at radius 2 is 2.11 bits per heavy atom. The van der Waals surface area contributed by atoms with E-state index in [1.54, 1.807) is 0 Å². The third kappa shape index (κ3) is 2.82. The van der Waals surface area contributed by atoms with Gasteiger partial charge in [-0.3, -0.25) is 4.21 Å². The number of hydrogen-bond acceptors (Lipinski definition) is 3. The van der Waals surface area contributed by atoms with Gasteiger partial charge in [0.05, 0.1) is 10.4 Å². The molecule has 0 aliphatic rings. The smallest absolute Gasteiger partial charge is 0.422 e. The Labute approximate surface area is 102 Å². The lowest BCUT2D eigenvalue weighted by Crippen LogP contribution is -2.19. The van der Waals surface area contributed by atoms with Crippen molar-refractivity contribution in [3.05, 3.63) is 24.4 Å². The van der Waals surface area contributed by atoms with Crippen molar-refractivity contribution in [3.8, 4) is 5.75 Å². The van der Waals surface area contributed by atoms with Crippen LogP contribution in [0, 0.1) is 0 Å². The maximum Gasteiger partial charge on any atom is 0.422 e. The first-order valence-electron chi connectivity index (χ1n) is 4.77. The van der Waals surface area contributed by atoms with Crippen LogP contribution in [-0.2, 0) is 11.1 Å². The van der Waals surface area contributed by atoms with Crippen LogP contribution in [0.1, 0.15) is 0 Å². The largest absolute Gasteiger partial charge is 0.768 e. The molecule has 0 amide bonds. The van der Waals surface area contributed by atoms with Gasteiger partial charge in [-0.1, -0.05) is 0 Å². The van der Waals surface area contributed by atoms with Crippen LogP contribution in [0.15, 0.2) is 29.3 Å². The summed E-state index contributed by atoms with van der Waals surface area (Å²) in [6.07, 6.45) is -3.15. The fourth-order valence-electron chi connectivity index (χ4n) is 1.47. The molecule has 1 N–H and O–H groups in total. The first-order chi connectivity index (χ1) is 8.37. The zero-order valence-electron chi connectivity index (χ0n) is 8.78. The Balaban J connectivity index is 2.26. The number of nitrogens with one attached hydrogen (secondary N) is 1. The summed E-state index contributed by atoms with van der Waals surface area (Å²) in [4.78, 5) is 2.72. The first kappa shape index (κ1) is 12.9. The first-order valence-corrected chi connectivity index (χ1v) is 5.84. The molecule has 2 aromatic rings. The van der Waals surface area contributed by atoms with Crippen LogP contribution in [0.25, 0.3) is 10.9 Å². The molecule has 1 unspecified atom stereocenters. The molecule has 0 saturated carbocycles. The third-order valence-electron chi connectivity index (χ3n) is 2.20. The molecule has 4 nitrogen and oxygen atoms in total. The molecule has 1 aromatic heterocycles.